The number of hydrogen-bond donors (Lipinski definition) is 1. The molecule has 2 aromatic carbocycles. The van der Waals surface area contributed by atoms with Crippen molar-refractivity contribution in [1.29, 1.82) is 0 Å². The Bertz CT molecular complexity index is 454. The van der Waals surface area contributed by atoms with Crippen molar-refractivity contribution >= 4 is 16.5 Å². The molecule has 0 spiro atoms. The van der Waals surface area contributed by atoms with Crippen LogP contribution in [-0.2, 0) is 0 Å². The van der Waals surface area contributed by atoms with E-state index in [0.717, 1.165) is 16.5 Å². The average molecular weight is 207 g/mol. The van der Waals surface area contributed by atoms with Gasteiger partial charge in [0.15, 0.2) is 0 Å². The number of rotatable bonds is 3. The minimum atomic E-state index is -2.32. The van der Waals surface area contributed by atoms with Crippen LogP contribution in [0.2, 0.25) is 0 Å². The molecule has 0 radical (unpaired) electrons. The van der Waals surface area contributed by atoms with E-state index in [1.807, 2.05) is 42.5 Å². The molecule has 0 atom stereocenters. The maximum Gasteiger partial charge on any atom is 0.255 e. The lowest BCUT2D eigenvalue weighted by molar-refractivity contribution is 0.163. The number of anilines is 1. The van der Waals surface area contributed by atoms with Crippen molar-refractivity contribution in [2.75, 3.05) is 11.9 Å². The van der Waals surface area contributed by atoms with Crippen molar-refractivity contribution < 1.29 is 8.78 Å². The van der Waals surface area contributed by atoms with E-state index in [9.17, 15) is 8.78 Å². The Hall–Kier alpha value is -1.64. The highest BCUT2D eigenvalue weighted by molar-refractivity contribution is 5.85. The molecule has 0 amide bonds. The number of fused-ring (bicyclic) bond motifs is 1. The topological polar surface area (TPSA) is 12.0 Å². The van der Waals surface area contributed by atoms with Crippen molar-refractivity contribution in [3.05, 3.63) is 42.5 Å². The Labute approximate surface area is 86.7 Å². The predicted molar refractivity (Wildman–Crippen MR) is 58.4 cm³/mol. The monoisotopic (exact) mass is 207 g/mol. The van der Waals surface area contributed by atoms with E-state index < -0.39 is 6.43 Å². The summed E-state index contributed by atoms with van der Waals surface area (Å²) in [6.07, 6.45) is -2.32. The summed E-state index contributed by atoms with van der Waals surface area (Å²) < 4.78 is 23.9. The minimum absolute atomic E-state index is 0.307. The summed E-state index contributed by atoms with van der Waals surface area (Å²) in [5.74, 6) is 0. The third kappa shape index (κ3) is 2.43. The lowest BCUT2D eigenvalue weighted by atomic mass is 10.1. The Morgan fingerprint density at radius 2 is 1.73 bits per heavy atom. The van der Waals surface area contributed by atoms with Crippen LogP contribution in [-0.4, -0.2) is 13.0 Å². The normalized spacial score (nSPS) is 10.9. The van der Waals surface area contributed by atoms with Gasteiger partial charge in [0.05, 0.1) is 6.54 Å². The second-order valence-corrected chi connectivity index (χ2v) is 3.33. The van der Waals surface area contributed by atoms with E-state index in [2.05, 4.69) is 5.32 Å². The highest BCUT2D eigenvalue weighted by Crippen LogP contribution is 2.18. The first kappa shape index (κ1) is 9.90. The molecule has 2 aromatic rings. The summed E-state index contributed by atoms with van der Waals surface area (Å²) >= 11 is 0. The van der Waals surface area contributed by atoms with Gasteiger partial charge in [-0.2, -0.15) is 0 Å². The van der Waals surface area contributed by atoms with E-state index >= 15 is 0 Å². The Balaban J connectivity index is 2.23. The smallest absolute Gasteiger partial charge is 0.255 e. The third-order valence-electron chi connectivity index (χ3n) is 2.21. The lowest BCUT2D eigenvalue weighted by Crippen LogP contribution is -2.09. The van der Waals surface area contributed by atoms with Crippen molar-refractivity contribution in [2.24, 2.45) is 0 Å². The fraction of sp³-hybridized carbons (Fsp3) is 0.167. The Morgan fingerprint density at radius 3 is 2.47 bits per heavy atom. The number of hydrogen-bond acceptors (Lipinski definition) is 1. The fourth-order valence-electron chi connectivity index (χ4n) is 1.49. The van der Waals surface area contributed by atoms with Gasteiger partial charge in [0, 0.05) is 5.69 Å². The predicted octanol–water partition coefficient (Wildman–Crippen LogP) is 3.52. The molecule has 2 rings (SSSR count). The second kappa shape index (κ2) is 4.26. The van der Waals surface area contributed by atoms with E-state index in [1.54, 1.807) is 0 Å². The summed E-state index contributed by atoms with van der Waals surface area (Å²) in [6.45, 7) is -0.307. The molecular formula is C12H11F2N. The summed E-state index contributed by atoms with van der Waals surface area (Å²) in [5, 5.41) is 4.85. The molecule has 0 heterocycles. The van der Waals surface area contributed by atoms with Crippen molar-refractivity contribution in [3.63, 3.8) is 0 Å². The number of nitrogens with one attached hydrogen (secondary N) is 1. The van der Waals surface area contributed by atoms with Crippen LogP contribution in [0.4, 0.5) is 14.5 Å². The molecule has 78 valence electrons. The molecule has 0 saturated heterocycles. The molecule has 1 N–H and O–H groups in total. The standard InChI is InChI=1S/C12H11F2N/c13-12(14)8-15-11-6-5-9-3-1-2-4-10(9)7-11/h1-7,12,15H,8H2. The lowest BCUT2D eigenvalue weighted by Gasteiger charge is -2.06. The number of alkyl halides is 2. The Kier molecular flexibility index (Phi) is 2.81. The maximum atomic E-state index is 12.0. The number of halogens is 2. The van der Waals surface area contributed by atoms with Gasteiger partial charge in [-0.05, 0) is 22.9 Å². The molecule has 0 aliphatic heterocycles. The van der Waals surface area contributed by atoms with Crippen LogP contribution in [0, 0.1) is 0 Å². The zero-order valence-electron chi connectivity index (χ0n) is 8.08. The van der Waals surface area contributed by atoms with E-state index in [1.165, 1.54) is 0 Å². The van der Waals surface area contributed by atoms with Gasteiger partial charge in [0.25, 0.3) is 6.43 Å². The average Bonchev–Trinajstić information content (AvgIpc) is 2.26. The van der Waals surface area contributed by atoms with Gasteiger partial charge in [0.1, 0.15) is 0 Å². The van der Waals surface area contributed by atoms with Crippen LogP contribution >= 0.6 is 0 Å². The highest BCUT2D eigenvalue weighted by atomic mass is 19.3. The number of benzene rings is 2. The molecule has 0 aliphatic carbocycles. The van der Waals surface area contributed by atoms with Crippen LogP contribution in [0.1, 0.15) is 0 Å². The minimum Gasteiger partial charge on any atom is -0.379 e. The van der Waals surface area contributed by atoms with Gasteiger partial charge >= 0.3 is 0 Å². The molecule has 0 unspecified atom stereocenters. The van der Waals surface area contributed by atoms with Crippen LogP contribution in [0.5, 0.6) is 0 Å². The van der Waals surface area contributed by atoms with Crippen LogP contribution in [0.25, 0.3) is 10.8 Å². The summed E-state index contributed by atoms with van der Waals surface area (Å²) in [7, 11) is 0. The van der Waals surface area contributed by atoms with Crippen LogP contribution in [0.15, 0.2) is 42.5 Å². The SMILES string of the molecule is FC(F)CNc1ccc2ccccc2c1. The molecule has 1 nitrogen and oxygen atoms in total. The fourth-order valence-corrected chi connectivity index (χ4v) is 1.49. The molecule has 3 heteroatoms. The van der Waals surface area contributed by atoms with Crippen molar-refractivity contribution in [3.8, 4) is 0 Å². The Morgan fingerprint density at radius 1 is 1.00 bits per heavy atom. The van der Waals surface area contributed by atoms with E-state index in [0.29, 0.717) is 0 Å². The van der Waals surface area contributed by atoms with Crippen molar-refractivity contribution in [1.82, 2.24) is 0 Å². The second-order valence-electron chi connectivity index (χ2n) is 3.33. The van der Waals surface area contributed by atoms with Gasteiger partial charge in [-0.1, -0.05) is 30.3 Å². The largest absolute Gasteiger partial charge is 0.379 e. The first-order valence-corrected chi connectivity index (χ1v) is 4.76. The molecule has 0 aliphatic rings. The first-order chi connectivity index (χ1) is 7.25. The molecule has 0 aromatic heterocycles. The molecular weight excluding hydrogens is 196 g/mol. The van der Waals surface area contributed by atoms with Crippen LogP contribution in [0.3, 0.4) is 0 Å². The van der Waals surface area contributed by atoms with Gasteiger partial charge in [-0.3, -0.25) is 0 Å². The van der Waals surface area contributed by atoms with Crippen molar-refractivity contribution in [2.45, 2.75) is 6.43 Å². The van der Waals surface area contributed by atoms with Gasteiger partial charge < -0.3 is 5.32 Å². The first-order valence-electron chi connectivity index (χ1n) is 4.76. The van der Waals surface area contributed by atoms with Gasteiger partial charge in [0.2, 0.25) is 0 Å². The van der Waals surface area contributed by atoms with E-state index in [4.69, 9.17) is 0 Å². The summed E-state index contributed by atoms with van der Waals surface area (Å²) in [5.41, 5.74) is 0.731. The molecule has 15 heavy (non-hydrogen) atoms. The van der Waals surface area contributed by atoms with Crippen LogP contribution < -0.4 is 5.32 Å². The molecule has 0 saturated carbocycles. The highest BCUT2D eigenvalue weighted by Gasteiger charge is 2.01. The zero-order chi connectivity index (χ0) is 10.7. The summed E-state index contributed by atoms with van der Waals surface area (Å²) in [4.78, 5) is 0. The van der Waals surface area contributed by atoms with Gasteiger partial charge in [-0.25, -0.2) is 8.78 Å². The molecule has 0 bridgehead atoms. The molecule has 0 fully saturated rings. The van der Waals surface area contributed by atoms with E-state index in [-0.39, 0.29) is 6.54 Å². The quantitative estimate of drug-likeness (QED) is 0.812. The van der Waals surface area contributed by atoms with Gasteiger partial charge in [-0.15, -0.1) is 0 Å². The zero-order valence-corrected chi connectivity index (χ0v) is 8.08. The third-order valence-corrected chi connectivity index (χ3v) is 2.21. The maximum absolute atomic E-state index is 12.0. The summed E-state index contributed by atoms with van der Waals surface area (Å²) in [6, 6.07) is 13.4.